The average molecular weight is 341 g/mol. The van der Waals surface area contributed by atoms with E-state index in [2.05, 4.69) is 51.4 Å². The van der Waals surface area contributed by atoms with Gasteiger partial charge in [-0.3, -0.25) is 9.80 Å². The van der Waals surface area contributed by atoms with Crippen LogP contribution in [0.5, 0.6) is 0 Å². The number of benzene rings is 1. The minimum absolute atomic E-state index is 0.285. The zero-order chi connectivity index (χ0) is 17.5. The molecule has 0 aromatic heterocycles. The number of piperidine rings is 2. The molecule has 1 aromatic carbocycles. The molecule has 2 aliphatic rings. The minimum Gasteiger partial charge on any atom is -0.396 e. The summed E-state index contributed by atoms with van der Waals surface area (Å²) in [6, 6.07) is 11.6. The smallest absolute Gasteiger partial charge is 0.0598 e. The predicted octanol–water partition coefficient (Wildman–Crippen LogP) is 1.56. The van der Waals surface area contributed by atoms with E-state index in [-0.39, 0.29) is 6.61 Å². The molecular formula is C21H31N3O. The molecule has 4 heteroatoms. The number of hydrogen-bond donors (Lipinski definition) is 2. The molecule has 25 heavy (non-hydrogen) atoms. The summed E-state index contributed by atoms with van der Waals surface area (Å²) in [5.74, 6) is 3.12. The number of nitrogens with one attached hydrogen (secondary N) is 1. The molecule has 0 spiro atoms. The van der Waals surface area contributed by atoms with Crippen LogP contribution in [0.15, 0.2) is 30.3 Å². The summed E-state index contributed by atoms with van der Waals surface area (Å²) in [5.41, 5.74) is 1.37. The van der Waals surface area contributed by atoms with Gasteiger partial charge in [0.25, 0.3) is 0 Å². The standard InChI is InChI=1S/C21H31N3O/c1-2-11-23-13-9-20(10-14-23)22-21-16-24(12-8-19(21)17-25)15-18-6-4-3-5-7-18/h1,3-7,19-22,25H,8-17H2/t19-,21+/m1/s1. The zero-order valence-corrected chi connectivity index (χ0v) is 15.1. The maximum absolute atomic E-state index is 9.79. The van der Waals surface area contributed by atoms with Crippen LogP contribution < -0.4 is 5.32 Å². The molecule has 2 N–H and O–H groups in total. The molecular weight excluding hydrogens is 310 g/mol. The van der Waals surface area contributed by atoms with Crippen molar-refractivity contribution in [3.63, 3.8) is 0 Å². The summed E-state index contributed by atoms with van der Waals surface area (Å²) in [4.78, 5) is 4.87. The van der Waals surface area contributed by atoms with E-state index in [0.717, 1.165) is 58.5 Å². The van der Waals surface area contributed by atoms with E-state index in [1.165, 1.54) is 5.56 Å². The number of likely N-dealkylation sites (tertiary alicyclic amines) is 2. The van der Waals surface area contributed by atoms with E-state index in [4.69, 9.17) is 6.42 Å². The predicted molar refractivity (Wildman–Crippen MR) is 102 cm³/mol. The highest BCUT2D eigenvalue weighted by Crippen LogP contribution is 2.21. The van der Waals surface area contributed by atoms with Gasteiger partial charge in [0, 0.05) is 44.9 Å². The van der Waals surface area contributed by atoms with E-state index in [1.54, 1.807) is 0 Å². The van der Waals surface area contributed by atoms with Crippen molar-refractivity contribution in [2.75, 3.05) is 39.3 Å². The van der Waals surface area contributed by atoms with Gasteiger partial charge in [-0.05, 0) is 37.3 Å². The van der Waals surface area contributed by atoms with Crippen LogP contribution in [-0.2, 0) is 6.54 Å². The third-order valence-corrected chi connectivity index (χ3v) is 5.68. The highest BCUT2D eigenvalue weighted by Gasteiger charge is 2.31. The zero-order valence-electron chi connectivity index (χ0n) is 15.1. The molecule has 0 amide bonds. The first-order valence-electron chi connectivity index (χ1n) is 9.57. The third-order valence-electron chi connectivity index (χ3n) is 5.68. The van der Waals surface area contributed by atoms with E-state index in [9.17, 15) is 5.11 Å². The molecule has 0 bridgehead atoms. The topological polar surface area (TPSA) is 38.7 Å². The van der Waals surface area contributed by atoms with Crippen LogP contribution in [0.25, 0.3) is 0 Å². The molecule has 2 fully saturated rings. The van der Waals surface area contributed by atoms with Gasteiger partial charge in [0.05, 0.1) is 6.54 Å². The normalized spacial score (nSPS) is 26.4. The van der Waals surface area contributed by atoms with Gasteiger partial charge in [0.15, 0.2) is 0 Å². The van der Waals surface area contributed by atoms with Crippen molar-refractivity contribution in [1.29, 1.82) is 0 Å². The second-order valence-corrected chi connectivity index (χ2v) is 7.48. The van der Waals surface area contributed by atoms with Crippen molar-refractivity contribution in [2.45, 2.75) is 37.9 Å². The van der Waals surface area contributed by atoms with Crippen molar-refractivity contribution < 1.29 is 5.11 Å². The Morgan fingerprint density at radius 1 is 1.08 bits per heavy atom. The Labute approximate surface area is 152 Å². The lowest BCUT2D eigenvalue weighted by Crippen LogP contribution is -2.56. The van der Waals surface area contributed by atoms with Gasteiger partial charge in [0.2, 0.25) is 0 Å². The number of rotatable bonds is 6. The summed E-state index contributed by atoms with van der Waals surface area (Å²) < 4.78 is 0. The van der Waals surface area contributed by atoms with Crippen molar-refractivity contribution in [2.24, 2.45) is 5.92 Å². The fourth-order valence-electron chi connectivity index (χ4n) is 4.15. The van der Waals surface area contributed by atoms with Gasteiger partial charge in [-0.25, -0.2) is 0 Å². The van der Waals surface area contributed by atoms with E-state index in [0.29, 0.717) is 18.0 Å². The Hall–Kier alpha value is -1.38. The summed E-state index contributed by atoms with van der Waals surface area (Å²) in [6.07, 6.45) is 8.78. The van der Waals surface area contributed by atoms with Gasteiger partial charge in [0.1, 0.15) is 0 Å². The number of aliphatic hydroxyl groups is 1. The number of terminal acetylenes is 1. The van der Waals surface area contributed by atoms with Gasteiger partial charge >= 0.3 is 0 Å². The highest BCUT2D eigenvalue weighted by atomic mass is 16.3. The molecule has 0 unspecified atom stereocenters. The molecule has 0 saturated carbocycles. The maximum Gasteiger partial charge on any atom is 0.0598 e. The maximum atomic E-state index is 9.79. The lowest BCUT2D eigenvalue weighted by Gasteiger charge is -2.41. The first-order chi connectivity index (χ1) is 12.3. The SMILES string of the molecule is C#CCN1CCC(N[C@H]2CN(Cc3ccccc3)CC[C@@H]2CO)CC1. The molecule has 2 heterocycles. The average Bonchev–Trinajstić information content (AvgIpc) is 2.65. The largest absolute Gasteiger partial charge is 0.396 e. The summed E-state index contributed by atoms with van der Waals surface area (Å²) in [5, 5.41) is 13.6. The van der Waals surface area contributed by atoms with Gasteiger partial charge in [-0.2, -0.15) is 0 Å². The molecule has 3 rings (SSSR count). The van der Waals surface area contributed by atoms with Crippen LogP contribution in [0.1, 0.15) is 24.8 Å². The Morgan fingerprint density at radius 3 is 2.48 bits per heavy atom. The summed E-state index contributed by atoms with van der Waals surface area (Å²) >= 11 is 0. The fourth-order valence-corrected chi connectivity index (χ4v) is 4.15. The van der Waals surface area contributed by atoms with Crippen molar-refractivity contribution in [3.8, 4) is 12.3 Å². The molecule has 0 aliphatic carbocycles. The molecule has 4 nitrogen and oxygen atoms in total. The molecule has 0 radical (unpaired) electrons. The number of nitrogens with zero attached hydrogens (tertiary/aromatic N) is 2. The summed E-state index contributed by atoms with van der Waals surface area (Å²) in [6.45, 7) is 6.28. The second kappa shape index (κ2) is 9.35. The van der Waals surface area contributed by atoms with Crippen LogP contribution in [0.3, 0.4) is 0 Å². The third kappa shape index (κ3) is 5.29. The van der Waals surface area contributed by atoms with Crippen LogP contribution in [0.2, 0.25) is 0 Å². The van der Waals surface area contributed by atoms with Crippen LogP contribution in [0.4, 0.5) is 0 Å². The minimum atomic E-state index is 0.285. The van der Waals surface area contributed by atoms with Crippen LogP contribution in [0, 0.1) is 18.3 Å². The monoisotopic (exact) mass is 341 g/mol. The highest BCUT2D eigenvalue weighted by molar-refractivity contribution is 5.14. The Morgan fingerprint density at radius 2 is 1.80 bits per heavy atom. The van der Waals surface area contributed by atoms with Gasteiger partial charge in [-0.1, -0.05) is 36.3 Å². The number of aliphatic hydroxyl groups excluding tert-OH is 1. The lowest BCUT2D eigenvalue weighted by atomic mass is 9.90. The Kier molecular flexibility index (Phi) is 6.89. The van der Waals surface area contributed by atoms with Crippen LogP contribution >= 0.6 is 0 Å². The van der Waals surface area contributed by atoms with Gasteiger partial charge in [-0.15, -0.1) is 6.42 Å². The van der Waals surface area contributed by atoms with Crippen molar-refractivity contribution >= 4 is 0 Å². The lowest BCUT2D eigenvalue weighted by molar-refractivity contribution is 0.0785. The van der Waals surface area contributed by atoms with Gasteiger partial charge < -0.3 is 10.4 Å². The van der Waals surface area contributed by atoms with E-state index < -0.39 is 0 Å². The number of hydrogen-bond acceptors (Lipinski definition) is 4. The van der Waals surface area contributed by atoms with Crippen molar-refractivity contribution in [3.05, 3.63) is 35.9 Å². The first kappa shape index (κ1) is 18.4. The molecule has 2 aliphatic heterocycles. The van der Waals surface area contributed by atoms with Crippen LogP contribution in [-0.4, -0.2) is 66.3 Å². The molecule has 2 atom stereocenters. The second-order valence-electron chi connectivity index (χ2n) is 7.48. The Balaban J connectivity index is 1.52. The molecule has 136 valence electrons. The first-order valence-corrected chi connectivity index (χ1v) is 9.57. The van der Waals surface area contributed by atoms with E-state index >= 15 is 0 Å². The Bertz CT molecular complexity index is 548. The fraction of sp³-hybridized carbons (Fsp3) is 0.619. The molecule has 2 saturated heterocycles. The molecule has 1 aromatic rings. The summed E-state index contributed by atoms with van der Waals surface area (Å²) in [7, 11) is 0. The van der Waals surface area contributed by atoms with Crippen molar-refractivity contribution in [1.82, 2.24) is 15.1 Å². The van der Waals surface area contributed by atoms with E-state index in [1.807, 2.05) is 0 Å². The quantitative estimate of drug-likeness (QED) is 0.770.